The third-order valence-corrected chi connectivity index (χ3v) is 7.97. The SMILES string of the molecule is CCC1=C(C)C(=O)N=C1/C=c1/[nH]/c(=C\c2[nH]c(/C=C3\N=C(OC)C(C)=C3CC)c(C)c2CC)c(CC)c1C. The lowest BCUT2D eigenvalue weighted by Crippen LogP contribution is -2.14. The molecule has 0 aromatic carbocycles. The van der Waals surface area contributed by atoms with Crippen LogP contribution in [0.2, 0.25) is 0 Å². The maximum atomic E-state index is 12.2. The van der Waals surface area contributed by atoms with E-state index in [0.717, 1.165) is 75.9 Å². The van der Waals surface area contributed by atoms with Crippen LogP contribution in [0.15, 0.2) is 38.0 Å². The van der Waals surface area contributed by atoms with Gasteiger partial charge in [-0.3, -0.25) is 4.79 Å². The molecule has 4 rings (SSSR count). The van der Waals surface area contributed by atoms with Crippen molar-refractivity contribution >= 4 is 35.7 Å². The predicted octanol–water partition coefficient (Wildman–Crippen LogP) is 5.53. The van der Waals surface area contributed by atoms with E-state index in [1.165, 1.54) is 27.8 Å². The number of aromatic nitrogens is 2. The number of carbonyl (C=O) groups excluding carboxylic acids is 1. The lowest BCUT2D eigenvalue weighted by molar-refractivity contribution is -0.114. The van der Waals surface area contributed by atoms with Gasteiger partial charge in [0.05, 0.1) is 18.5 Å². The van der Waals surface area contributed by atoms with Crippen LogP contribution in [0.25, 0.3) is 18.2 Å². The number of aliphatic imine (C=N–C) groups is 2. The molecule has 2 aromatic heterocycles. The molecule has 2 aromatic rings. The van der Waals surface area contributed by atoms with Gasteiger partial charge in [-0.15, -0.1) is 0 Å². The topological polar surface area (TPSA) is 82.6 Å². The minimum atomic E-state index is -0.128. The summed E-state index contributed by atoms with van der Waals surface area (Å²) in [5.41, 5.74) is 13.0. The molecule has 0 unspecified atom stereocenters. The number of nitrogens with zero attached hydrogens (tertiary/aromatic N) is 2. The Hall–Kier alpha value is -3.67. The molecule has 0 saturated heterocycles. The summed E-state index contributed by atoms with van der Waals surface area (Å²) >= 11 is 0. The van der Waals surface area contributed by atoms with Crippen molar-refractivity contribution in [2.24, 2.45) is 9.98 Å². The summed E-state index contributed by atoms with van der Waals surface area (Å²) in [5.74, 6) is 0.569. The second-order valence-electron chi connectivity index (χ2n) is 9.97. The Morgan fingerprint density at radius 2 is 1.39 bits per heavy atom. The number of methoxy groups -OCH3 is 1. The van der Waals surface area contributed by atoms with Crippen molar-refractivity contribution in [3.63, 3.8) is 0 Å². The monoisotopic (exact) mass is 512 g/mol. The number of carbonyl (C=O) groups is 1. The lowest BCUT2D eigenvalue weighted by atomic mass is 10.0. The summed E-state index contributed by atoms with van der Waals surface area (Å²) in [6, 6.07) is 0. The van der Waals surface area contributed by atoms with E-state index in [1.54, 1.807) is 7.11 Å². The van der Waals surface area contributed by atoms with Crippen LogP contribution in [-0.2, 0) is 22.4 Å². The molecule has 4 heterocycles. The Morgan fingerprint density at radius 3 is 2.00 bits per heavy atom. The van der Waals surface area contributed by atoms with Gasteiger partial charge < -0.3 is 14.7 Å². The van der Waals surface area contributed by atoms with Gasteiger partial charge in [-0.1, -0.05) is 27.7 Å². The molecule has 2 aliphatic rings. The van der Waals surface area contributed by atoms with E-state index in [-0.39, 0.29) is 5.91 Å². The van der Waals surface area contributed by atoms with E-state index >= 15 is 0 Å². The fourth-order valence-electron chi connectivity index (χ4n) is 5.72. The van der Waals surface area contributed by atoms with Gasteiger partial charge in [-0.2, -0.15) is 0 Å². The van der Waals surface area contributed by atoms with Crippen LogP contribution < -0.4 is 10.7 Å². The third-order valence-electron chi connectivity index (χ3n) is 7.97. The molecule has 0 fully saturated rings. The number of rotatable bonds is 7. The Balaban J connectivity index is 1.84. The first-order chi connectivity index (χ1) is 18.2. The molecule has 2 aliphatic heterocycles. The van der Waals surface area contributed by atoms with Gasteiger partial charge in [-0.25, -0.2) is 9.98 Å². The van der Waals surface area contributed by atoms with Crippen LogP contribution in [0.5, 0.6) is 0 Å². The number of hydrogen-bond acceptors (Lipinski definition) is 3. The number of hydrogen-bond donors (Lipinski definition) is 2. The van der Waals surface area contributed by atoms with E-state index in [9.17, 15) is 4.79 Å². The fourth-order valence-corrected chi connectivity index (χ4v) is 5.72. The highest BCUT2D eigenvalue weighted by Gasteiger charge is 2.22. The second kappa shape index (κ2) is 11.0. The Kier molecular flexibility index (Phi) is 7.91. The number of ether oxygens (including phenoxy) is 1. The minimum absolute atomic E-state index is 0.128. The zero-order chi connectivity index (χ0) is 27.7. The highest BCUT2D eigenvalue weighted by Crippen LogP contribution is 2.31. The predicted molar refractivity (Wildman–Crippen MR) is 158 cm³/mol. The number of allylic oxidation sites excluding steroid dienone is 2. The molecule has 0 aliphatic carbocycles. The number of aromatic amines is 2. The van der Waals surface area contributed by atoms with Crippen molar-refractivity contribution in [2.75, 3.05) is 7.11 Å². The maximum absolute atomic E-state index is 12.2. The molecule has 0 atom stereocenters. The number of H-pyrrole nitrogens is 2. The second-order valence-corrected chi connectivity index (χ2v) is 9.97. The number of amides is 1. The molecular weight excluding hydrogens is 472 g/mol. The van der Waals surface area contributed by atoms with Crippen LogP contribution in [0.4, 0.5) is 0 Å². The first kappa shape index (κ1) is 27.4. The van der Waals surface area contributed by atoms with Gasteiger partial charge in [0.2, 0.25) is 5.90 Å². The van der Waals surface area contributed by atoms with Crippen LogP contribution in [0, 0.1) is 13.8 Å². The van der Waals surface area contributed by atoms with E-state index < -0.39 is 0 Å². The zero-order valence-corrected chi connectivity index (χ0v) is 24.3. The van der Waals surface area contributed by atoms with Gasteiger partial charge in [0.25, 0.3) is 5.91 Å². The van der Waals surface area contributed by atoms with Crippen LogP contribution in [0.1, 0.15) is 88.0 Å². The van der Waals surface area contributed by atoms with Gasteiger partial charge in [0, 0.05) is 33.2 Å². The Morgan fingerprint density at radius 1 is 0.711 bits per heavy atom. The van der Waals surface area contributed by atoms with Crippen molar-refractivity contribution in [2.45, 2.75) is 81.1 Å². The van der Waals surface area contributed by atoms with Gasteiger partial charge in [0.15, 0.2) is 0 Å². The quantitative estimate of drug-likeness (QED) is 0.512. The lowest BCUT2D eigenvalue weighted by Gasteiger charge is -2.02. The average molecular weight is 513 g/mol. The molecule has 200 valence electrons. The van der Waals surface area contributed by atoms with E-state index in [0.29, 0.717) is 5.90 Å². The molecular formula is C32H40N4O2. The van der Waals surface area contributed by atoms with Crippen molar-refractivity contribution in [1.82, 2.24) is 9.97 Å². The normalized spacial score (nSPS) is 18.0. The summed E-state index contributed by atoms with van der Waals surface area (Å²) < 4.78 is 5.49. The number of nitrogens with one attached hydrogen (secondary N) is 2. The molecule has 38 heavy (non-hydrogen) atoms. The van der Waals surface area contributed by atoms with Crippen LogP contribution in [-0.4, -0.2) is 34.6 Å². The molecule has 0 spiro atoms. The third kappa shape index (κ3) is 4.68. The van der Waals surface area contributed by atoms with E-state index in [4.69, 9.17) is 9.73 Å². The molecule has 6 heteroatoms. The summed E-state index contributed by atoms with van der Waals surface area (Å²) in [4.78, 5) is 28.6. The van der Waals surface area contributed by atoms with Crippen LogP contribution >= 0.6 is 0 Å². The minimum Gasteiger partial charge on any atom is -0.481 e. The first-order valence-electron chi connectivity index (χ1n) is 13.7. The summed E-state index contributed by atoms with van der Waals surface area (Å²) in [6.07, 6.45) is 9.91. The van der Waals surface area contributed by atoms with Gasteiger partial charge in [-0.05, 0) is 105 Å². The molecule has 0 radical (unpaired) electrons. The van der Waals surface area contributed by atoms with Gasteiger partial charge in [0.1, 0.15) is 0 Å². The highest BCUT2D eigenvalue weighted by atomic mass is 16.5. The zero-order valence-electron chi connectivity index (χ0n) is 24.3. The van der Waals surface area contributed by atoms with Crippen molar-refractivity contribution in [3.05, 3.63) is 72.3 Å². The maximum Gasteiger partial charge on any atom is 0.273 e. The fraction of sp³-hybridized carbons (Fsp3) is 0.406. The molecule has 0 saturated carbocycles. The summed E-state index contributed by atoms with van der Waals surface area (Å²) in [5, 5.41) is 2.09. The van der Waals surface area contributed by atoms with Crippen molar-refractivity contribution in [1.29, 1.82) is 0 Å². The molecule has 1 amide bonds. The van der Waals surface area contributed by atoms with Crippen molar-refractivity contribution < 1.29 is 9.53 Å². The highest BCUT2D eigenvalue weighted by molar-refractivity contribution is 6.30. The average Bonchev–Trinajstić information content (AvgIpc) is 3.56. The smallest absolute Gasteiger partial charge is 0.273 e. The molecule has 0 bridgehead atoms. The Labute approximate surface area is 225 Å². The van der Waals surface area contributed by atoms with Crippen molar-refractivity contribution in [3.8, 4) is 0 Å². The molecule has 6 nitrogen and oxygen atoms in total. The molecule has 2 N–H and O–H groups in total. The first-order valence-corrected chi connectivity index (χ1v) is 13.7. The largest absolute Gasteiger partial charge is 0.481 e. The van der Waals surface area contributed by atoms with Gasteiger partial charge >= 0.3 is 0 Å². The van der Waals surface area contributed by atoms with E-state index in [2.05, 4.69) is 75.6 Å². The summed E-state index contributed by atoms with van der Waals surface area (Å²) in [6.45, 7) is 16.8. The van der Waals surface area contributed by atoms with E-state index in [1.807, 2.05) is 13.0 Å². The Bertz CT molecular complexity index is 1580. The van der Waals surface area contributed by atoms with Crippen LogP contribution in [0.3, 0.4) is 0 Å². The summed E-state index contributed by atoms with van der Waals surface area (Å²) in [7, 11) is 1.67. The standard InChI is InChI=1S/C32H40N4O2/c1-10-21-17(5)25(14-29-23(12-3)19(7)31(37)35-29)33-27(21)16-28-22(11-2)18(6)26(34-28)15-30-24(13-4)20(8)32(36-30)38-9/h14-16,33-34H,10-13H2,1-9H3/b25-14+,27-16-,30-15-.